The number of nitrogens with zero attached hydrogens (tertiary/aromatic N) is 2. The molecule has 0 saturated heterocycles. The van der Waals surface area contributed by atoms with E-state index in [1.807, 2.05) is 24.3 Å². The zero-order valence-corrected chi connectivity index (χ0v) is 19.4. The van der Waals surface area contributed by atoms with E-state index in [-0.39, 0.29) is 6.04 Å². The summed E-state index contributed by atoms with van der Waals surface area (Å²) in [6, 6.07) is 13.7. The van der Waals surface area contributed by atoms with E-state index in [0.717, 1.165) is 54.1 Å². The van der Waals surface area contributed by atoms with E-state index in [9.17, 15) is 8.42 Å². The molecule has 0 amide bonds. The number of sulfonamides is 1. The van der Waals surface area contributed by atoms with Crippen LogP contribution in [0.3, 0.4) is 0 Å². The van der Waals surface area contributed by atoms with Crippen LogP contribution in [-0.4, -0.2) is 38.5 Å². The van der Waals surface area contributed by atoms with Gasteiger partial charge < -0.3 is 4.74 Å². The third-order valence-corrected chi connectivity index (χ3v) is 8.59. The summed E-state index contributed by atoms with van der Waals surface area (Å²) in [4.78, 5) is 7.17. The van der Waals surface area contributed by atoms with E-state index in [0.29, 0.717) is 4.21 Å². The van der Waals surface area contributed by atoms with Crippen LogP contribution in [0.15, 0.2) is 59.1 Å². The van der Waals surface area contributed by atoms with Gasteiger partial charge in [0.2, 0.25) is 10.0 Å². The predicted octanol–water partition coefficient (Wildman–Crippen LogP) is 4.28. The fourth-order valence-corrected chi connectivity index (χ4v) is 6.28. The fourth-order valence-electron chi connectivity index (χ4n) is 3.63. The maximum Gasteiger partial charge on any atom is 0.250 e. The Morgan fingerprint density at radius 3 is 2.52 bits per heavy atom. The minimum Gasteiger partial charge on any atom is -0.496 e. The molecule has 1 aliphatic rings. The third-order valence-electron chi connectivity index (χ3n) is 5.46. The van der Waals surface area contributed by atoms with Crippen LogP contribution in [0.1, 0.15) is 30.4 Å². The average molecular weight is 458 g/mol. The molecule has 3 aromatic rings. The highest BCUT2D eigenvalue weighted by molar-refractivity contribution is 7.91. The Morgan fingerprint density at radius 1 is 1.10 bits per heavy atom. The monoisotopic (exact) mass is 457 g/mol. The fraction of sp³-hybridized carbons (Fsp3) is 0.348. The Hall–Kier alpha value is -2.26. The minimum atomic E-state index is -3.48. The second-order valence-corrected chi connectivity index (χ2v) is 11.0. The molecule has 1 saturated carbocycles. The lowest BCUT2D eigenvalue weighted by molar-refractivity contribution is 0.319. The first-order valence-corrected chi connectivity index (χ1v) is 12.6. The Kier molecular flexibility index (Phi) is 6.71. The topological polar surface area (TPSA) is 71.5 Å². The number of nitrogens with one attached hydrogen (secondary N) is 1. The maximum absolute atomic E-state index is 12.7. The molecule has 1 fully saturated rings. The molecular weight excluding hydrogens is 430 g/mol. The van der Waals surface area contributed by atoms with E-state index in [1.165, 1.54) is 16.9 Å². The lowest BCUT2D eigenvalue weighted by Crippen LogP contribution is -2.39. The van der Waals surface area contributed by atoms with Gasteiger partial charge in [-0.3, -0.25) is 9.88 Å². The second kappa shape index (κ2) is 9.48. The van der Waals surface area contributed by atoms with Gasteiger partial charge in [0.1, 0.15) is 9.96 Å². The van der Waals surface area contributed by atoms with Crippen LogP contribution in [-0.2, 0) is 23.1 Å². The van der Waals surface area contributed by atoms with E-state index in [1.54, 1.807) is 25.6 Å². The van der Waals surface area contributed by atoms with Crippen LogP contribution in [0.25, 0.3) is 10.4 Å². The van der Waals surface area contributed by atoms with Gasteiger partial charge in [0.05, 0.1) is 7.11 Å². The van der Waals surface area contributed by atoms with Crippen molar-refractivity contribution in [1.29, 1.82) is 0 Å². The van der Waals surface area contributed by atoms with Gasteiger partial charge in [-0.15, -0.1) is 11.3 Å². The number of rotatable bonds is 9. The molecule has 0 bridgehead atoms. The molecule has 1 aromatic carbocycles. The minimum absolute atomic E-state index is 0.0735. The summed E-state index contributed by atoms with van der Waals surface area (Å²) >= 11 is 1.28. The number of ether oxygens (including phenoxy) is 1. The SMILES string of the molecule is COc1ccc(CN(C)Cc2ccncc2)cc1-c1ccc(S(=O)(=O)NC2CCC2)s1. The zero-order valence-electron chi connectivity index (χ0n) is 17.7. The van der Waals surface area contributed by atoms with Crippen LogP contribution in [0, 0.1) is 0 Å². The predicted molar refractivity (Wildman–Crippen MR) is 124 cm³/mol. The van der Waals surface area contributed by atoms with Crippen molar-refractivity contribution in [2.75, 3.05) is 14.2 Å². The molecule has 0 spiro atoms. The normalized spacial score (nSPS) is 14.5. The van der Waals surface area contributed by atoms with Crippen LogP contribution < -0.4 is 9.46 Å². The smallest absolute Gasteiger partial charge is 0.250 e. The highest BCUT2D eigenvalue weighted by Crippen LogP contribution is 2.37. The van der Waals surface area contributed by atoms with Crippen molar-refractivity contribution >= 4 is 21.4 Å². The number of hydrogen-bond acceptors (Lipinski definition) is 6. The number of thiophene rings is 1. The molecule has 164 valence electrons. The van der Waals surface area contributed by atoms with Gasteiger partial charge in [-0.1, -0.05) is 12.5 Å². The van der Waals surface area contributed by atoms with Gasteiger partial charge in [-0.05, 0) is 67.4 Å². The third kappa shape index (κ3) is 5.33. The second-order valence-electron chi connectivity index (χ2n) is 7.93. The van der Waals surface area contributed by atoms with E-state index in [4.69, 9.17) is 4.74 Å². The molecule has 2 aromatic heterocycles. The summed E-state index contributed by atoms with van der Waals surface area (Å²) < 4.78 is 34.1. The molecule has 4 rings (SSSR count). The lowest BCUT2D eigenvalue weighted by Gasteiger charge is -2.25. The molecule has 1 N–H and O–H groups in total. The molecule has 0 radical (unpaired) electrons. The molecule has 1 aliphatic carbocycles. The van der Waals surface area contributed by atoms with Gasteiger partial charge in [-0.2, -0.15) is 0 Å². The van der Waals surface area contributed by atoms with Crippen molar-refractivity contribution in [2.24, 2.45) is 0 Å². The molecule has 0 aliphatic heterocycles. The number of hydrogen-bond donors (Lipinski definition) is 1. The van der Waals surface area contributed by atoms with Gasteiger partial charge in [0, 0.05) is 42.0 Å². The first kappa shape index (κ1) is 22.0. The molecule has 31 heavy (non-hydrogen) atoms. The van der Waals surface area contributed by atoms with Crippen molar-refractivity contribution in [3.63, 3.8) is 0 Å². The van der Waals surface area contributed by atoms with Crippen molar-refractivity contribution < 1.29 is 13.2 Å². The highest BCUT2D eigenvalue weighted by atomic mass is 32.2. The molecule has 0 atom stereocenters. The van der Waals surface area contributed by atoms with Crippen LogP contribution in [0.2, 0.25) is 0 Å². The Morgan fingerprint density at radius 2 is 1.84 bits per heavy atom. The molecule has 6 nitrogen and oxygen atoms in total. The lowest BCUT2D eigenvalue weighted by atomic mass is 9.94. The largest absolute Gasteiger partial charge is 0.496 e. The summed E-state index contributed by atoms with van der Waals surface area (Å²) in [5.41, 5.74) is 3.25. The standard InChI is InChI=1S/C23H27N3O3S2/c1-26(15-17-10-12-24-13-11-17)16-18-6-7-21(29-2)20(14-18)22-8-9-23(30-22)31(27,28)25-19-4-3-5-19/h6-14,19,25H,3-5,15-16H2,1-2H3. The zero-order chi connectivity index (χ0) is 21.8. The van der Waals surface area contributed by atoms with Crippen molar-refractivity contribution in [1.82, 2.24) is 14.6 Å². The van der Waals surface area contributed by atoms with Gasteiger partial charge >= 0.3 is 0 Å². The summed E-state index contributed by atoms with van der Waals surface area (Å²) in [5.74, 6) is 0.735. The first-order valence-electron chi connectivity index (χ1n) is 10.3. The summed E-state index contributed by atoms with van der Waals surface area (Å²) in [6.45, 7) is 1.58. The maximum atomic E-state index is 12.7. The molecular formula is C23H27N3O3S2. The number of pyridine rings is 1. The quantitative estimate of drug-likeness (QED) is 0.519. The molecule has 8 heteroatoms. The Balaban J connectivity index is 1.53. The summed E-state index contributed by atoms with van der Waals surface area (Å²) in [5, 5.41) is 0. The summed E-state index contributed by atoms with van der Waals surface area (Å²) in [7, 11) is 0.236. The Labute approximate surface area is 188 Å². The highest BCUT2D eigenvalue weighted by Gasteiger charge is 2.26. The van der Waals surface area contributed by atoms with Crippen LogP contribution in [0.4, 0.5) is 0 Å². The van der Waals surface area contributed by atoms with Crippen molar-refractivity contribution in [3.8, 4) is 16.2 Å². The van der Waals surface area contributed by atoms with Gasteiger partial charge in [0.25, 0.3) is 0 Å². The summed E-state index contributed by atoms with van der Waals surface area (Å²) in [6.07, 6.45) is 6.52. The average Bonchev–Trinajstić information content (AvgIpc) is 3.23. The van der Waals surface area contributed by atoms with Gasteiger partial charge in [0.15, 0.2) is 0 Å². The van der Waals surface area contributed by atoms with Crippen molar-refractivity contribution in [3.05, 3.63) is 66.0 Å². The van der Waals surface area contributed by atoms with Crippen molar-refractivity contribution in [2.45, 2.75) is 42.6 Å². The Bertz CT molecular complexity index is 1130. The number of methoxy groups -OCH3 is 1. The first-order chi connectivity index (χ1) is 14.9. The molecule has 2 heterocycles. The van der Waals surface area contributed by atoms with Crippen LogP contribution >= 0.6 is 11.3 Å². The molecule has 0 unspecified atom stereocenters. The van der Waals surface area contributed by atoms with E-state index < -0.39 is 10.0 Å². The number of aromatic nitrogens is 1. The van der Waals surface area contributed by atoms with Crippen LogP contribution in [0.5, 0.6) is 5.75 Å². The van der Waals surface area contributed by atoms with E-state index in [2.05, 4.69) is 33.8 Å². The van der Waals surface area contributed by atoms with Gasteiger partial charge in [-0.25, -0.2) is 13.1 Å². The van der Waals surface area contributed by atoms with E-state index >= 15 is 0 Å². The number of benzene rings is 1.